The minimum Gasteiger partial charge on any atom is -0.480 e. The minimum absolute atomic E-state index is 0.136. The monoisotopic (exact) mass is 392 g/mol. The van der Waals surface area contributed by atoms with Crippen LogP contribution in [0.5, 0.6) is 5.75 Å². The van der Waals surface area contributed by atoms with Crippen LogP contribution in [0.2, 0.25) is 0 Å². The van der Waals surface area contributed by atoms with Crippen molar-refractivity contribution in [2.24, 2.45) is 0 Å². The van der Waals surface area contributed by atoms with Gasteiger partial charge in [-0.3, -0.25) is 9.59 Å². The molecule has 7 heteroatoms. The molecule has 0 spiro atoms. The number of benzene rings is 2. The van der Waals surface area contributed by atoms with Crippen LogP contribution >= 0.6 is 0 Å². The highest BCUT2D eigenvalue weighted by Crippen LogP contribution is 2.34. The zero-order valence-electron chi connectivity index (χ0n) is 15.7. The number of carbonyl (C=O) groups excluding carboxylic acids is 2. The Labute approximate surface area is 167 Å². The summed E-state index contributed by atoms with van der Waals surface area (Å²) in [6.45, 7) is 1.96. The van der Waals surface area contributed by atoms with Crippen LogP contribution < -0.4 is 10.1 Å². The van der Waals surface area contributed by atoms with Crippen LogP contribution in [-0.4, -0.2) is 49.1 Å². The Morgan fingerprint density at radius 3 is 2.59 bits per heavy atom. The van der Waals surface area contributed by atoms with Crippen molar-refractivity contribution in [1.82, 2.24) is 4.90 Å². The van der Waals surface area contributed by atoms with Crippen molar-refractivity contribution >= 4 is 28.5 Å². The Kier molecular flexibility index (Phi) is 4.44. The average molecular weight is 392 g/mol. The number of carbonyl (C=O) groups is 2. The number of nitrogens with zero attached hydrogens (tertiary/aromatic N) is 1. The van der Waals surface area contributed by atoms with Crippen LogP contribution in [-0.2, 0) is 16.0 Å². The van der Waals surface area contributed by atoms with Crippen molar-refractivity contribution in [2.45, 2.75) is 12.5 Å². The summed E-state index contributed by atoms with van der Waals surface area (Å²) in [6.07, 6.45) is -0.155. The third-order valence-corrected chi connectivity index (χ3v) is 5.28. The first-order valence-corrected chi connectivity index (χ1v) is 9.64. The molecule has 1 fully saturated rings. The maximum absolute atomic E-state index is 13.1. The van der Waals surface area contributed by atoms with Crippen molar-refractivity contribution < 1.29 is 23.5 Å². The van der Waals surface area contributed by atoms with Crippen LogP contribution in [0.25, 0.3) is 11.0 Å². The van der Waals surface area contributed by atoms with Crippen LogP contribution in [0.15, 0.2) is 52.9 Å². The Hall–Kier alpha value is -3.32. The summed E-state index contributed by atoms with van der Waals surface area (Å²) in [6, 6.07) is 14.9. The van der Waals surface area contributed by atoms with E-state index in [4.69, 9.17) is 13.9 Å². The lowest BCUT2D eigenvalue weighted by Crippen LogP contribution is -2.41. The van der Waals surface area contributed by atoms with Gasteiger partial charge in [0, 0.05) is 24.9 Å². The number of morpholine rings is 1. The minimum atomic E-state index is -0.646. The molecule has 3 aromatic rings. The fourth-order valence-electron chi connectivity index (χ4n) is 3.76. The Morgan fingerprint density at radius 2 is 1.76 bits per heavy atom. The number of fused-ring (bicyclic) bond motifs is 2. The second kappa shape index (κ2) is 7.25. The van der Waals surface area contributed by atoms with Gasteiger partial charge in [0.15, 0.2) is 6.10 Å². The highest BCUT2D eigenvalue weighted by atomic mass is 16.5. The van der Waals surface area contributed by atoms with E-state index in [1.807, 2.05) is 42.5 Å². The molecular weight excluding hydrogens is 372 g/mol. The first kappa shape index (κ1) is 17.8. The van der Waals surface area contributed by atoms with Gasteiger partial charge in [0.2, 0.25) is 5.76 Å². The van der Waals surface area contributed by atoms with E-state index in [1.165, 1.54) is 0 Å². The van der Waals surface area contributed by atoms with Gasteiger partial charge in [-0.05, 0) is 23.8 Å². The zero-order chi connectivity index (χ0) is 19.8. The molecule has 1 atom stereocenters. The van der Waals surface area contributed by atoms with Crippen molar-refractivity contribution in [3.63, 3.8) is 0 Å². The summed E-state index contributed by atoms with van der Waals surface area (Å²) in [4.78, 5) is 27.7. The van der Waals surface area contributed by atoms with Gasteiger partial charge in [-0.2, -0.15) is 0 Å². The lowest BCUT2D eigenvalue weighted by Gasteiger charge is -2.26. The van der Waals surface area contributed by atoms with Crippen molar-refractivity contribution in [3.8, 4) is 5.75 Å². The number of nitrogens with one attached hydrogen (secondary N) is 1. The van der Waals surface area contributed by atoms with Crippen molar-refractivity contribution in [1.29, 1.82) is 0 Å². The third-order valence-electron chi connectivity index (χ3n) is 5.28. The number of rotatable bonds is 3. The van der Waals surface area contributed by atoms with Crippen LogP contribution in [0.3, 0.4) is 0 Å². The molecule has 148 valence electrons. The summed E-state index contributed by atoms with van der Waals surface area (Å²) in [7, 11) is 0. The summed E-state index contributed by atoms with van der Waals surface area (Å²) in [5, 5.41) is 3.58. The maximum Gasteiger partial charge on any atom is 0.291 e. The molecule has 7 nitrogen and oxygen atoms in total. The van der Waals surface area contributed by atoms with E-state index in [0.717, 1.165) is 5.56 Å². The molecule has 5 rings (SSSR count). The molecule has 3 heterocycles. The first-order chi connectivity index (χ1) is 14.2. The highest BCUT2D eigenvalue weighted by molar-refractivity contribution is 6.11. The Bertz CT molecular complexity index is 1060. The molecule has 2 aliphatic rings. The molecule has 1 N–H and O–H groups in total. The fraction of sp³-hybridized carbons (Fsp3) is 0.273. The summed E-state index contributed by atoms with van der Waals surface area (Å²) < 4.78 is 17.0. The van der Waals surface area contributed by atoms with Gasteiger partial charge in [0.1, 0.15) is 17.0 Å². The largest absolute Gasteiger partial charge is 0.480 e. The molecule has 0 unspecified atom stereocenters. The molecule has 1 saturated heterocycles. The number of hydrogen-bond donors (Lipinski definition) is 1. The van der Waals surface area contributed by atoms with Gasteiger partial charge >= 0.3 is 0 Å². The third kappa shape index (κ3) is 3.23. The first-order valence-electron chi connectivity index (χ1n) is 9.64. The van der Waals surface area contributed by atoms with Crippen LogP contribution in [0, 0.1) is 0 Å². The topological polar surface area (TPSA) is 81.0 Å². The summed E-state index contributed by atoms with van der Waals surface area (Å²) in [5.74, 6) is 0.297. The maximum atomic E-state index is 13.1. The number of anilines is 1. The number of para-hydroxylation sites is 2. The van der Waals surface area contributed by atoms with Gasteiger partial charge < -0.3 is 24.1 Å². The van der Waals surface area contributed by atoms with Crippen LogP contribution in [0.4, 0.5) is 5.69 Å². The van der Waals surface area contributed by atoms with Crippen molar-refractivity contribution in [2.75, 3.05) is 31.6 Å². The van der Waals surface area contributed by atoms with Gasteiger partial charge in [-0.15, -0.1) is 0 Å². The van der Waals surface area contributed by atoms with E-state index in [9.17, 15) is 9.59 Å². The van der Waals surface area contributed by atoms with Crippen molar-refractivity contribution in [3.05, 3.63) is 59.9 Å². The van der Waals surface area contributed by atoms with E-state index < -0.39 is 6.10 Å². The fourth-order valence-corrected chi connectivity index (χ4v) is 3.76. The quantitative estimate of drug-likeness (QED) is 0.741. The predicted octanol–water partition coefficient (Wildman–Crippen LogP) is 2.85. The van der Waals surface area contributed by atoms with E-state index in [0.29, 0.717) is 55.1 Å². The lowest BCUT2D eigenvalue weighted by molar-refractivity contribution is -0.122. The highest BCUT2D eigenvalue weighted by Gasteiger charge is 2.32. The molecule has 0 aliphatic carbocycles. The smallest absolute Gasteiger partial charge is 0.291 e. The van der Waals surface area contributed by atoms with Gasteiger partial charge in [0.05, 0.1) is 13.2 Å². The summed E-state index contributed by atoms with van der Waals surface area (Å²) >= 11 is 0. The summed E-state index contributed by atoms with van der Waals surface area (Å²) in [5.41, 5.74) is 1.94. The van der Waals surface area contributed by atoms with Gasteiger partial charge in [-0.1, -0.05) is 30.3 Å². The average Bonchev–Trinajstić information content (AvgIpc) is 3.36. The molecule has 29 heavy (non-hydrogen) atoms. The Morgan fingerprint density at radius 1 is 1.00 bits per heavy atom. The molecule has 2 aliphatic heterocycles. The molecule has 0 saturated carbocycles. The molecular formula is C22H20N2O5. The molecule has 0 bridgehead atoms. The zero-order valence-corrected chi connectivity index (χ0v) is 15.7. The Balaban J connectivity index is 1.44. The second-order valence-electron chi connectivity index (χ2n) is 7.11. The molecule has 2 aromatic carbocycles. The van der Waals surface area contributed by atoms with E-state index in [2.05, 4.69) is 5.32 Å². The number of hydrogen-bond acceptors (Lipinski definition) is 5. The number of ether oxygens (including phenoxy) is 2. The molecule has 1 aromatic heterocycles. The van der Waals surface area contributed by atoms with E-state index in [-0.39, 0.29) is 17.6 Å². The number of furan rings is 1. The van der Waals surface area contributed by atoms with Crippen LogP contribution in [0.1, 0.15) is 16.1 Å². The lowest BCUT2D eigenvalue weighted by atomic mass is 10.1. The standard InChI is InChI=1S/C22H20N2O5/c25-21(18-13-14-5-1-3-7-16(14)28-18)23-19-15-6-2-4-8-17(15)29-20(19)22(26)24-9-11-27-12-10-24/h1-8,18H,9-13H2,(H,23,25)/t18-/m1/s1. The SMILES string of the molecule is O=C(Nc1c(C(=O)N2CCOCC2)oc2ccccc12)[C@H]1Cc2ccccc2O1. The van der Waals surface area contributed by atoms with Gasteiger partial charge in [0.25, 0.3) is 11.8 Å². The molecule has 0 radical (unpaired) electrons. The van der Waals surface area contributed by atoms with E-state index in [1.54, 1.807) is 11.0 Å². The van der Waals surface area contributed by atoms with E-state index >= 15 is 0 Å². The predicted molar refractivity (Wildman–Crippen MR) is 106 cm³/mol. The second-order valence-corrected chi connectivity index (χ2v) is 7.11. The van der Waals surface area contributed by atoms with Gasteiger partial charge in [-0.25, -0.2) is 0 Å². The molecule has 2 amide bonds. The normalized spacial score (nSPS) is 18.3. The number of amides is 2.